The lowest BCUT2D eigenvalue weighted by Gasteiger charge is -2.13. The fraction of sp³-hybridized carbons (Fsp3) is 0.250. The van der Waals surface area contributed by atoms with Crippen molar-refractivity contribution < 1.29 is 4.79 Å². The van der Waals surface area contributed by atoms with E-state index in [0.29, 0.717) is 10.2 Å². The van der Waals surface area contributed by atoms with Gasteiger partial charge in [0.1, 0.15) is 6.33 Å². The molecular formula is C20H21ClN4OS. The van der Waals surface area contributed by atoms with Gasteiger partial charge in [-0.3, -0.25) is 9.36 Å². The van der Waals surface area contributed by atoms with Crippen LogP contribution < -0.4 is 5.32 Å². The molecule has 0 radical (unpaired) electrons. The number of benzene rings is 2. The van der Waals surface area contributed by atoms with Gasteiger partial charge < -0.3 is 5.32 Å². The van der Waals surface area contributed by atoms with E-state index >= 15 is 0 Å². The van der Waals surface area contributed by atoms with E-state index in [9.17, 15) is 4.79 Å². The van der Waals surface area contributed by atoms with Gasteiger partial charge >= 0.3 is 0 Å². The lowest BCUT2D eigenvalue weighted by Crippen LogP contribution is -2.16. The minimum atomic E-state index is -0.0690. The number of carbonyl (C=O) groups is 1. The Bertz CT molecular complexity index is 970. The third-order valence-corrected chi connectivity index (χ3v) is 5.64. The van der Waals surface area contributed by atoms with Crippen LogP contribution in [0.2, 0.25) is 5.02 Å². The Morgan fingerprint density at radius 3 is 2.78 bits per heavy atom. The van der Waals surface area contributed by atoms with Crippen LogP contribution in [0.4, 0.5) is 5.69 Å². The van der Waals surface area contributed by atoms with Gasteiger partial charge in [-0.25, -0.2) is 0 Å². The Labute approximate surface area is 168 Å². The molecule has 1 heterocycles. The van der Waals surface area contributed by atoms with Crippen molar-refractivity contribution in [2.45, 2.75) is 32.3 Å². The Hall–Kier alpha value is -2.31. The van der Waals surface area contributed by atoms with E-state index in [-0.39, 0.29) is 11.7 Å². The maximum absolute atomic E-state index is 12.5. The highest BCUT2D eigenvalue weighted by Crippen LogP contribution is 2.25. The molecule has 1 N–H and O–H groups in total. The second kappa shape index (κ2) is 8.59. The molecule has 140 valence electrons. The number of nitrogens with zero attached hydrogens (tertiary/aromatic N) is 3. The van der Waals surface area contributed by atoms with Gasteiger partial charge in [-0.15, -0.1) is 10.2 Å². The van der Waals surface area contributed by atoms with Gasteiger partial charge in [-0.05, 0) is 49.1 Å². The van der Waals surface area contributed by atoms with Crippen molar-refractivity contribution >= 4 is 35.0 Å². The van der Waals surface area contributed by atoms with Crippen LogP contribution in [-0.2, 0) is 11.2 Å². The van der Waals surface area contributed by atoms with Crippen LogP contribution in [0.1, 0.15) is 23.6 Å². The van der Waals surface area contributed by atoms with Gasteiger partial charge in [-0.2, -0.15) is 0 Å². The van der Waals surface area contributed by atoms with Crippen molar-refractivity contribution in [2.24, 2.45) is 0 Å². The highest BCUT2D eigenvalue weighted by molar-refractivity contribution is 7.99. The second-order valence-electron chi connectivity index (χ2n) is 6.22. The molecule has 0 atom stereocenters. The van der Waals surface area contributed by atoms with Gasteiger partial charge in [0.05, 0.1) is 11.4 Å². The summed E-state index contributed by atoms with van der Waals surface area (Å²) in [6.45, 7) is 6.03. The predicted octanol–water partition coefficient (Wildman–Crippen LogP) is 4.83. The summed E-state index contributed by atoms with van der Waals surface area (Å²) in [6.07, 6.45) is 2.49. The highest BCUT2D eigenvalue weighted by atomic mass is 35.5. The molecule has 3 aromatic rings. The summed E-state index contributed by atoms with van der Waals surface area (Å²) in [6, 6.07) is 11.8. The number of rotatable bonds is 6. The maximum Gasteiger partial charge on any atom is 0.234 e. The monoisotopic (exact) mass is 400 g/mol. The number of carbonyl (C=O) groups excluding carboxylic acids is 1. The standard InChI is InChI=1S/C20H21ClN4OS/c1-4-15-7-5-6-14(3)19(15)23-18(26)11-27-20-24-22-12-25(20)16-9-8-13(2)17(21)10-16/h5-10,12H,4,11H2,1-3H3,(H,23,26). The number of nitrogens with one attached hydrogen (secondary N) is 1. The minimum Gasteiger partial charge on any atom is -0.325 e. The first kappa shape index (κ1) is 19.5. The molecule has 0 aliphatic rings. The summed E-state index contributed by atoms with van der Waals surface area (Å²) >= 11 is 7.56. The number of thioether (sulfide) groups is 1. The third kappa shape index (κ3) is 4.51. The molecule has 0 unspecified atom stereocenters. The molecule has 0 aliphatic carbocycles. The molecule has 2 aromatic carbocycles. The SMILES string of the molecule is CCc1cccc(C)c1NC(=O)CSc1nncn1-c1ccc(C)c(Cl)c1. The summed E-state index contributed by atoms with van der Waals surface area (Å²) in [5, 5.41) is 12.5. The van der Waals surface area contributed by atoms with E-state index in [1.165, 1.54) is 11.8 Å². The van der Waals surface area contributed by atoms with Gasteiger partial charge in [0.25, 0.3) is 0 Å². The van der Waals surface area contributed by atoms with E-state index in [2.05, 4.69) is 22.4 Å². The fourth-order valence-corrected chi connectivity index (χ4v) is 3.64. The largest absolute Gasteiger partial charge is 0.325 e. The molecule has 1 amide bonds. The first-order valence-corrected chi connectivity index (χ1v) is 10.0. The number of aryl methyl sites for hydroxylation is 3. The summed E-state index contributed by atoms with van der Waals surface area (Å²) < 4.78 is 1.83. The topological polar surface area (TPSA) is 59.8 Å². The number of halogens is 1. The first-order valence-electron chi connectivity index (χ1n) is 8.67. The molecule has 0 bridgehead atoms. The molecule has 1 aromatic heterocycles. The molecule has 5 nitrogen and oxygen atoms in total. The average Bonchev–Trinajstić information content (AvgIpc) is 3.12. The summed E-state index contributed by atoms with van der Waals surface area (Å²) in [5.74, 6) is 0.177. The molecule has 0 aliphatic heterocycles. The predicted molar refractivity (Wildman–Crippen MR) is 111 cm³/mol. The van der Waals surface area contributed by atoms with Gasteiger partial charge in [0.15, 0.2) is 5.16 Å². The third-order valence-electron chi connectivity index (χ3n) is 4.29. The normalized spacial score (nSPS) is 10.8. The lowest BCUT2D eigenvalue weighted by molar-refractivity contribution is -0.113. The molecule has 27 heavy (non-hydrogen) atoms. The average molecular weight is 401 g/mol. The van der Waals surface area contributed by atoms with E-state index in [1.54, 1.807) is 6.33 Å². The Kier molecular flexibility index (Phi) is 6.19. The quantitative estimate of drug-likeness (QED) is 0.602. The number of aromatic nitrogens is 3. The second-order valence-corrected chi connectivity index (χ2v) is 7.57. The van der Waals surface area contributed by atoms with Crippen LogP contribution in [0, 0.1) is 13.8 Å². The zero-order valence-electron chi connectivity index (χ0n) is 15.5. The Balaban J connectivity index is 1.70. The van der Waals surface area contributed by atoms with Crippen LogP contribution >= 0.6 is 23.4 Å². The van der Waals surface area contributed by atoms with E-state index < -0.39 is 0 Å². The summed E-state index contributed by atoms with van der Waals surface area (Å²) in [5.41, 5.74) is 4.96. The van der Waals surface area contributed by atoms with Crippen LogP contribution in [0.5, 0.6) is 0 Å². The van der Waals surface area contributed by atoms with E-state index in [0.717, 1.165) is 34.5 Å². The van der Waals surface area contributed by atoms with Crippen molar-refractivity contribution in [3.63, 3.8) is 0 Å². The van der Waals surface area contributed by atoms with Crippen molar-refractivity contribution in [1.29, 1.82) is 0 Å². The van der Waals surface area contributed by atoms with Crippen molar-refractivity contribution in [3.05, 3.63) is 64.4 Å². The molecule has 0 fully saturated rings. The summed E-state index contributed by atoms with van der Waals surface area (Å²) in [7, 11) is 0. The maximum atomic E-state index is 12.5. The van der Waals surface area contributed by atoms with E-state index in [4.69, 9.17) is 11.6 Å². The number of hydrogen-bond donors (Lipinski definition) is 1. The zero-order chi connectivity index (χ0) is 19.4. The number of hydrogen-bond acceptors (Lipinski definition) is 4. The molecule has 0 saturated heterocycles. The van der Waals surface area contributed by atoms with Crippen LogP contribution in [0.25, 0.3) is 5.69 Å². The van der Waals surface area contributed by atoms with Crippen molar-refractivity contribution in [1.82, 2.24) is 14.8 Å². The van der Waals surface area contributed by atoms with Crippen LogP contribution in [-0.4, -0.2) is 26.4 Å². The van der Waals surface area contributed by atoms with E-state index in [1.807, 2.05) is 54.8 Å². The van der Waals surface area contributed by atoms with Gasteiger partial charge in [0, 0.05) is 10.7 Å². The number of amides is 1. The Morgan fingerprint density at radius 2 is 2.04 bits per heavy atom. The smallest absolute Gasteiger partial charge is 0.234 e. The molecule has 0 saturated carbocycles. The number of anilines is 1. The van der Waals surface area contributed by atoms with Gasteiger partial charge in [-0.1, -0.05) is 54.6 Å². The molecular weight excluding hydrogens is 380 g/mol. The molecule has 3 rings (SSSR count). The first-order chi connectivity index (χ1) is 13.0. The lowest BCUT2D eigenvalue weighted by atomic mass is 10.1. The minimum absolute atomic E-state index is 0.0690. The fourth-order valence-electron chi connectivity index (χ4n) is 2.74. The zero-order valence-corrected chi connectivity index (χ0v) is 17.1. The molecule has 7 heteroatoms. The molecule has 0 spiro atoms. The summed E-state index contributed by atoms with van der Waals surface area (Å²) in [4.78, 5) is 12.5. The highest BCUT2D eigenvalue weighted by Gasteiger charge is 2.13. The number of para-hydroxylation sites is 1. The van der Waals surface area contributed by atoms with Gasteiger partial charge in [0.2, 0.25) is 5.91 Å². The van der Waals surface area contributed by atoms with Crippen LogP contribution in [0.15, 0.2) is 47.9 Å². The van der Waals surface area contributed by atoms with Crippen molar-refractivity contribution in [2.75, 3.05) is 11.1 Å². The van der Waals surface area contributed by atoms with Crippen molar-refractivity contribution in [3.8, 4) is 5.69 Å². The Morgan fingerprint density at radius 1 is 1.22 bits per heavy atom. The van der Waals surface area contributed by atoms with Crippen LogP contribution in [0.3, 0.4) is 0 Å².